The minimum Gasteiger partial charge on any atom is -0.381 e. The minimum absolute atomic E-state index is 0.914. The van der Waals surface area contributed by atoms with Crippen molar-refractivity contribution in [2.24, 2.45) is 0 Å². The van der Waals surface area contributed by atoms with Gasteiger partial charge in [-0.25, -0.2) is 0 Å². The zero-order chi connectivity index (χ0) is 8.36. The van der Waals surface area contributed by atoms with Gasteiger partial charge in [0.1, 0.15) is 0 Å². The van der Waals surface area contributed by atoms with Crippen LogP contribution in [0.4, 0.5) is 0 Å². The average Bonchev–Trinajstić information content (AvgIpc) is 2.03. The molecule has 0 rings (SSSR count). The zero-order valence-electron chi connectivity index (χ0n) is 7.81. The fraction of sp³-hybridized carbons (Fsp3) is 0.800. The van der Waals surface area contributed by atoms with Gasteiger partial charge in [0.05, 0.1) is 0 Å². The quantitative estimate of drug-likeness (QED) is 0.406. The predicted molar refractivity (Wildman–Crippen MR) is 49.8 cm³/mol. The van der Waals surface area contributed by atoms with Crippen molar-refractivity contribution < 1.29 is 4.74 Å². The molecule has 0 bridgehead atoms. The highest BCUT2D eigenvalue weighted by atomic mass is 16.5. The molecular weight excluding hydrogens is 136 g/mol. The van der Waals surface area contributed by atoms with E-state index >= 15 is 0 Å². The molecule has 0 aromatic rings. The summed E-state index contributed by atoms with van der Waals surface area (Å²) in [6.07, 6.45) is 9.05. The average molecular weight is 156 g/mol. The SMILES string of the molecule is CC/C=C\CCCOCCC. The van der Waals surface area contributed by atoms with Crippen LogP contribution in [0.5, 0.6) is 0 Å². The molecule has 0 atom stereocenters. The Balaban J connectivity index is 2.85. The van der Waals surface area contributed by atoms with Gasteiger partial charge in [0.25, 0.3) is 0 Å². The molecule has 1 nitrogen and oxygen atoms in total. The second-order valence-electron chi connectivity index (χ2n) is 2.63. The largest absolute Gasteiger partial charge is 0.381 e. The molecule has 0 saturated heterocycles. The summed E-state index contributed by atoms with van der Waals surface area (Å²) in [4.78, 5) is 0. The van der Waals surface area contributed by atoms with Crippen LogP contribution in [-0.2, 0) is 4.74 Å². The maximum atomic E-state index is 5.33. The van der Waals surface area contributed by atoms with E-state index in [9.17, 15) is 0 Å². The Hall–Kier alpha value is -0.300. The number of ether oxygens (including phenoxy) is 1. The van der Waals surface area contributed by atoms with Crippen LogP contribution in [0.3, 0.4) is 0 Å². The minimum atomic E-state index is 0.914. The normalized spacial score (nSPS) is 11.1. The van der Waals surface area contributed by atoms with Crippen LogP contribution < -0.4 is 0 Å². The third-order valence-electron chi connectivity index (χ3n) is 1.41. The van der Waals surface area contributed by atoms with E-state index in [2.05, 4.69) is 26.0 Å². The first-order valence-electron chi connectivity index (χ1n) is 4.64. The van der Waals surface area contributed by atoms with Gasteiger partial charge in [-0.2, -0.15) is 0 Å². The number of hydrogen-bond acceptors (Lipinski definition) is 1. The number of hydrogen-bond donors (Lipinski definition) is 0. The van der Waals surface area contributed by atoms with E-state index in [1.807, 2.05) is 0 Å². The summed E-state index contributed by atoms with van der Waals surface area (Å²) >= 11 is 0. The highest BCUT2D eigenvalue weighted by Gasteiger charge is 1.84. The molecule has 0 N–H and O–H groups in total. The van der Waals surface area contributed by atoms with Crippen LogP contribution in [0.15, 0.2) is 12.2 Å². The standard InChI is InChI=1S/C10H20O/c1-3-5-6-7-8-10-11-9-4-2/h5-6H,3-4,7-10H2,1-2H3/b6-5-. The van der Waals surface area contributed by atoms with Gasteiger partial charge in [-0.15, -0.1) is 0 Å². The molecule has 0 fully saturated rings. The summed E-state index contributed by atoms with van der Waals surface area (Å²) in [5.41, 5.74) is 0. The van der Waals surface area contributed by atoms with Crippen LogP contribution in [0.25, 0.3) is 0 Å². The summed E-state index contributed by atoms with van der Waals surface area (Å²) < 4.78 is 5.33. The van der Waals surface area contributed by atoms with Crippen molar-refractivity contribution >= 4 is 0 Å². The van der Waals surface area contributed by atoms with Gasteiger partial charge < -0.3 is 4.74 Å². The summed E-state index contributed by atoms with van der Waals surface area (Å²) in [6.45, 7) is 6.13. The molecule has 0 aromatic heterocycles. The van der Waals surface area contributed by atoms with E-state index in [1.165, 1.54) is 0 Å². The van der Waals surface area contributed by atoms with E-state index in [4.69, 9.17) is 4.74 Å². The molecule has 0 aromatic carbocycles. The second kappa shape index (κ2) is 9.70. The van der Waals surface area contributed by atoms with Crippen LogP contribution in [0, 0.1) is 0 Å². The van der Waals surface area contributed by atoms with Crippen molar-refractivity contribution in [2.45, 2.75) is 39.5 Å². The Morgan fingerprint density at radius 1 is 1.09 bits per heavy atom. The summed E-state index contributed by atoms with van der Waals surface area (Å²) in [5, 5.41) is 0. The predicted octanol–water partition coefficient (Wildman–Crippen LogP) is 3.16. The maximum absolute atomic E-state index is 5.33. The smallest absolute Gasteiger partial charge is 0.0468 e. The lowest BCUT2D eigenvalue weighted by atomic mass is 10.3. The fourth-order valence-corrected chi connectivity index (χ4v) is 0.834. The first kappa shape index (κ1) is 10.7. The zero-order valence-corrected chi connectivity index (χ0v) is 7.81. The molecule has 0 aliphatic carbocycles. The van der Waals surface area contributed by atoms with Crippen molar-refractivity contribution in [3.63, 3.8) is 0 Å². The Labute approximate surface area is 70.4 Å². The van der Waals surface area contributed by atoms with Crippen LogP contribution in [-0.4, -0.2) is 13.2 Å². The second-order valence-corrected chi connectivity index (χ2v) is 2.63. The van der Waals surface area contributed by atoms with E-state index in [-0.39, 0.29) is 0 Å². The van der Waals surface area contributed by atoms with E-state index in [0.29, 0.717) is 0 Å². The first-order valence-corrected chi connectivity index (χ1v) is 4.64. The Bertz CT molecular complexity index is 86.9. The lowest BCUT2D eigenvalue weighted by molar-refractivity contribution is 0.133. The molecule has 66 valence electrons. The highest BCUT2D eigenvalue weighted by Crippen LogP contribution is 1.93. The summed E-state index contributed by atoms with van der Waals surface area (Å²) in [6, 6.07) is 0. The highest BCUT2D eigenvalue weighted by molar-refractivity contribution is 4.79. The number of allylic oxidation sites excluding steroid dienone is 2. The van der Waals surface area contributed by atoms with E-state index in [0.717, 1.165) is 38.9 Å². The Morgan fingerprint density at radius 3 is 2.55 bits per heavy atom. The monoisotopic (exact) mass is 156 g/mol. The third-order valence-corrected chi connectivity index (χ3v) is 1.41. The fourth-order valence-electron chi connectivity index (χ4n) is 0.834. The molecule has 0 amide bonds. The molecular formula is C10H20O. The van der Waals surface area contributed by atoms with Gasteiger partial charge >= 0.3 is 0 Å². The van der Waals surface area contributed by atoms with Crippen LogP contribution in [0.2, 0.25) is 0 Å². The molecule has 0 heterocycles. The van der Waals surface area contributed by atoms with Gasteiger partial charge in [-0.1, -0.05) is 26.0 Å². The summed E-state index contributed by atoms with van der Waals surface area (Å²) in [5.74, 6) is 0. The lowest BCUT2D eigenvalue weighted by Gasteiger charge is -1.98. The maximum Gasteiger partial charge on any atom is 0.0468 e. The van der Waals surface area contributed by atoms with Crippen LogP contribution in [0.1, 0.15) is 39.5 Å². The molecule has 0 radical (unpaired) electrons. The number of unbranched alkanes of at least 4 members (excludes halogenated alkanes) is 1. The van der Waals surface area contributed by atoms with Gasteiger partial charge in [0, 0.05) is 13.2 Å². The topological polar surface area (TPSA) is 9.23 Å². The molecule has 0 spiro atoms. The van der Waals surface area contributed by atoms with Gasteiger partial charge in [0.15, 0.2) is 0 Å². The van der Waals surface area contributed by atoms with Crippen molar-refractivity contribution in [2.75, 3.05) is 13.2 Å². The van der Waals surface area contributed by atoms with Gasteiger partial charge in [-0.05, 0) is 25.7 Å². The van der Waals surface area contributed by atoms with Crippen LogP contribution >= 0.6 is 0 Å². The molecule has 1 heteroatoms. The van der Waals surface area contributed by atoms with Gasteiger partial charge in [0.2, 0.25) is 0 Å². The molecule has 11 heavy (non-hydrogen) atoms. The van der Waals surface area contributed by atoms with Gasteiger partial charge in [-0.3, -0.25) is 0 Å². The third kappa shape index (κ3) is 9.70. The van der Waals surface area contributed by atoms with E-state index < -0.39 is 0 Å². The molecule has 0 unspecified atom stereocenters. The van der Waals surface area contributed by atoms with E-state index in [1.54, 1.807) is 0 Å². The number of rotatable bonds is 7. The van der Waals surface area contributed by atoms with Crippen molar-refractivity contribution in [3.8, 4) is 0 Å². The van der Waals surface area contributed by atoms with Crippen molar-refractivity contribution in [1.82, 2.24) is 0 Å². The van der Waals surface area contributed by atoms with Crippen molar-refractivity contribution in [3.05, 3.63) is 12.2 Å². The Morgan fingerprint density at radius 2 is 1.91 bits per heavy atom. The Kier molecular flexibility index (Phi) is 9.44. The molecule has 0 saturated carbocycles. The summed E-state index contributed by atoms with van der Waals surface area (Å²) in [7, 11) is 0. The lowest BCUT2D eigenvalue weighted by Crippen LogP contribution is -1.94. The molecule has 0 aliphatic heterocycles. The molecule has 0 aliphatic rings. The van der Waals surface area contributed by atoms with Crippen molar-refractivity contribution in [1.29, 1.82) is 0 Å². The first-order chi connectivity index (χ1) is 5.41.